The van der Waals surface area contributed by atoms with Crippen LogP contribution in [0.25, 0.3) is 0 Å². The third-order valence-electron chi connectivity index (χ3n) is 4.93. The van der Waals surface area contributed by atoms with Gasteiger partial charge in [-0.2, -0.15) is 8.78 Å². The second-order valence-corrected chi connectivity index (χ2v) is 6.52. The lowest BCUT2D eigenvalue weighted by atomic mass is 10.0. The summed E-state index contributed by atoms with van der Waals surface area (Å²) in [4.78, 5) is 14.9. The van der Waals surface area contributed by atoms with Crippen molar-refractivity contribution in [2.24, 2.45) is 0 Å². The standard InChI is InChI=1S/C21H23F2NO5/c1-26-16-8-6-13(11-18(16)27-2)15-5-4-10-24(15)20(25)14-7-9-17(29-21(22)23)19(12-14)28-3/h6-9,11-12,15,21H,4-5,10H2,1-3H3/t15-/m1/s1. The molecule has 1 amide bonds. The zero-order chi connectivity index (χ0) is 21.0. The summed E-state index contributed by atoms with van der Waals surface area (Å²) < 4.78 is 45.2. The van der Waals surface area contributed by atoms with Crippen LogP contribution < -0.4 is 18.9 Å². The first-order valence-corrected chi connectivity index (χ1v) is 9.14. The number of hydrogen-bond donors (Lipinski definition) is 0. The Bertz CT molecular complexity index is 874. The molecule has 0 aromatic heterocycles. The van der Waals surface area contributed by atoms with Crippen molar-refractivity contribution in [2.75, 3.05) is 27.9 Å². The van der Waals surface area contributed by atoms with Gasteiger partial charge in [0.1, 0.15) is 0 Å². The molecular weight excluding hydrogens is 384 g/mol. The number of amides is 1. The van der Waals surface area contributed by atoms with E-state index in [1.165, 1.54) is 25.3 Å². The number of hydrogen-bond acceptors (Lipinski definition) is 5. The minimum atomic E-state index is -2.97. The average molecular weight is 407 g/mol. The summed E-state index contributed by atoms with van der Waals surface area (Å²) in [6.45, 7) is -2.38. The zero-order valence-corrected chi connectivity index (χ0v) is 16.5. The van der Waals surface area contributed by atoms with Crippen LogP contribution in [-0.4, -0.2) is 45.3 Å². The maximum atomic E-state index is 13.1. The number of nitrogens with zero attached hydrogens (tertiary/aromatic N) is 1. The number of carbonyl (C=O) groups is 1. The van der Waals surface area contributed by atoms with E-state index in [4.69, 9.17) is 14.2 Å². The van der Waals surface area contributed by atoms with Crippen molar-refractivity contribution in [1.82, 2.24) is 4.90 Å². The van der Waals surface area contributed by atoms with Gasteiger partial charge in [-0.05, 0) is 48.7 Å². The summed E-state index contributed by atoms with van der Waals surface area (Å²) in [7, 11) is 4.47. The fourth-order valence-corrected chi connectivity index (χ4v) is 3.58. The minimum Gasteiger partial charge on any atom is -0.493 e. The third-order valence-corrected chi connectivity index (χ3v) is 4.93. The van der Waals surface area contributed by atoms with Crippen molar-refractivity contribution < 1.29 is 32.5 Å². The Hall–Kier alpha value is -3.03. The molecule has 0 spiro atoms. The molecule has 0 saturated carbocycles. The molecule has 156 valence electrons. The summed E-state index contributed by atoms with van der Waals surface area (Å²) in [5.41, 5.74) is 1.29. The second-order valence-electron chi connectivity index (χ2n) is 6.52. The monoisotopic (exact) mass is 407 g/mol. The van der Waals surface area contributed by atoms with Gasteiger partial charge < -0.3 is 23.8 Å². The van der Waals surface area contributed by atoms with Gasteiger partial charge in [0.2, 0.25) is 0 Å². The lowest BCUT2D eigenvalue weighted by Crippen LogP contribution is -2.30. The highest BCUT2D eigenvalue weighted by molar-refractivity contribution is 5.95. The van der Waals surface area contributed by atoms with Gasteiger partial charge in [0.25, 0.3) is 5.91 Å². The SMILES string of the molecule is COc1ccc([C@H]2CCCN2C(=O)c2ccc(OC(F)F)c(OC)c2)cc1OC. The molecule has 29 heavy (non-hydrogen) atoms. The number of halogens is 2. The topological polar surface area (TPSA) is 57.2 Å². The Morgan fingerprint density at radius 3 is 2.28 bits per heavy atom. The highest BCUT2D eigenvalue weighted by atomic mass is 19.3. The first-order chi connectivity index (χ1) is 14.0. The number of benzene rings is 2. The molecule has 1 saturated heterocycles. The number of carbonyl (C=O) groups excluding carboxylic acids is 1. The summed E-state index contributed by atoms with van der Waals surface area (Å²) >= 11 is 0. The molecule has 0 radical (unpaired) electrons. The number of alkyl halides is 2. The summed E-state index contributed by atoms with van der Waals surface area (Å²) in [5, 5.41) is 0. The van der Waals surface area contributed by atoms with E-state index < -0.39 is 6.61 Å². The van der Waals surface area contributed by atoms with Crippen LogP contribution in [0.5, 0.6) is 23.0 Å². The van der Waals surface area contributed by atoms with Crippen LogP contribution in [-0.2, 0) is 0 Å². The predicted molar refractivity (Wildman–Crippen MR) is 102 cm³/mol. The molecule has 1 fully saturated rings. The van der Waals surface area contributed by atoms with E-state index in [0.717, 1.165) is 18.4 Å². The molecule has 0 bridgehead atoms. The van der Waals surface area contributed by atoms with E-state index in [0.29, 0.717) is 23.6 Å². The second kappa shape index (κ2) is 8.98. The van der Waals surface area contributed by atoms with Gasteiger partial charge in [-0.1, -0.05) is 6.07 Å². The van der Waals surface area contributed by atoms with Gasteiger partial charge in [-0.25, -0.2) is 0 Å². The number of ether oxygens (including phenoxy) is 4. The third kappa shape index (κ3) is 4.36. The summed E-state index contributed by atoms with van der Waals surface area (Å²) in [6.07, 6.45) is 1.67. The molecule has 0 unspecified atom stereocenters. The molecule has 1 aliphatic heterocycles. The van der Waals surface area contributed by atoms with Crippen LogP contribution in [0.15, 0.2) is 36.4 Å². The van der Waals surface area contributed by atoms with E-state index in [-0.39, 0.29) is 23.4 Å². The highest BCUT2D eigenvalue weighted by Crippen LogP contribution is 2.38. The fraction of sp³-hybridized carbons (Fsp3) is 0.381. The molecule has 1 heterocycles. The quantitative estimate of drug-likeness (QED) is 0.685. The van der Waals surface area contributed by atoms with Gasteiger partial charge in [0.05, 0.1) is 27.4 Å². The van der Waals surface area contributed by atoms with Crippen molar-refractivity contribution >= 4 is 5.91 Å². The van der Waals surface area contributed by atoms with Crippen LogP contribution in [0.1, 0.15) is 34.8 Å². The lowest BCUT2D eigenvalue weighted by Gasteiger charge is -2.26. The van der Waals surface area contributed by atoms with Crippen LogP contribution in [0.2, 0.25) is 0 Å². The first kappa shape index (κ1) is 20.7. The Morgan fingerprint density at radius 1 is 0.966 bits per heavy atom. The predicted octanol–water partition coefficient (Wildman–Crippen LogP) is 4.29. The Morgan fingerprint density at radius 2 is 1.62 bits per heavy atom. The molecule has 0 N–H and O–H groups in total. The van der Waals surface area contributed by atoms with Gasteiger partial charge in [0, 0.05) is 12.1 Å². The first-order valence-electron chi connectivity index (χ1n) is 9.14. The fourth-order valence-electron chi connectivity index (χ4n) is 3.58. The van der Waals surface area contributed by atoms with Crippen LogP contribution >= 0.6 is 0 Å². The molecule has 3 rings (SSSR count). The summed E-state index contributed by atoms with van der Waals surface area (Å²) in [5.74, 6) is 0.977. The van der Waals surface area contributed by atoms with E-state index in [9.17, 15) is 13.6 Å². The van der Waals surface area contributed by atoms with E-state index in [1.54, 1.807) is 19.1 Å². The maximum Gasteiger partial charge on any atom is 0.387 e. The maximum absolute atomic E-state index is 13.1. The smallest absolute Gasteiger partial charge is 0.387 e. The number of methoxy groups -OCH3 is 3. The van der Waals surface area contributed by atoms with Gasteiger partial charge in [-0.3, -0.25) is 4.79 Å². The van der Waals surface area contributed by atoms with E-state index in [1.807, 2.05) is 18.2 Å². The molecule has 1 atom stereocenters. The highest BCUT2D eigenvalue weighted by Gasteiger charge is 2.31. The molecule has 2 aromatic rings. The number of rotatable bonds is 7. The van der Waals surface area contributed by atoms with Crippen LogP contribution in [0.3, 0.4) is 0 Å². The van der Waals surface area contributed by atoms with Crippen molar-refractivity contribution in [3.8, 4) is 23.0 Å². The minimum absolute atomic E-state index is 0.0815. The van der Waals surface area contributed by atoms with Crippen LogP contribution in [0.4, 0.5) is 8.78 Å². The summed E-state index contributed by atoms with van der Waals surface area (Å²) in [6, 6.07) is 9.68. The van der Waals surface area contributed by atoms with Crippen LogP contribution in [0, 0.1) is 0 Å². The molecule has 1 aliphatic rings. The Labute approximate surface area is 167 Å². The van der Waals surface area contributed by atoms with Gasteiger partial charge in [-0.15, -0.1) is 0 Å². The van der Waals surface area contributed by atoms with Gasteiger partial charge in [0.15, 0.2) is 23.0 Å². The van der Waals surface area contributed by atoms with Gasteiger partial charge >= 0.3 is 6.61 Å². The lowest BCUT2D eigenvalue weighted by molar-refractivity contribution is -0.0512. The molecule has 2 aromatic carbocycles. The average Bonchev–Trinajstić information content (AvgIpc) is 3.22. The molecule has 8 heteroatoms. The van der Waals surface area contributed by atoms with Crippen molar-refractivity contribution in [1.29, 1.82) is 0 Å². The normalized spacial score (nSPS) is 16.1. The van der Waals surface area contributed by atoms with E-state index >= 15 is 0 Å². The van der Waals surface area contributed by atoms with Crippen molar-refractivity contribution in [3.63, 3.8) is 0 Å². The molecule has 6 nitrogen and oxygen atoms in total. The van der Waals surface area contributed by atoms with Crippen molar-refractivity contribution in [3.05, 3.63) is 47.5 Å². The molecular formula is C21H23F2NO5. The Balaban J connectivity index is 1.87. The zero-order valence-electron chi connectivity index (χ0n) is 16.5. The van der Waals surface area contributed by atoms with Crippen molar-refractivity contribution in [2.45, 2.75) is 25.5 Å². The number of likely N-dealkylation sites (tertiary alicyclic amines) is 1. The van der Waals surface area contributed by atoms with E-state index in [2.05, 4.69) is 4.74 Å². The largest absolute Gasteiger partial charge is 0.493 e. The molecule has 0 aliphatic carbocycles. The Kier molecular flexibility index (Phi) is 6.41.